The minimum absolute atomic E-state index is 0.386. The van der Waals surface area contributed by atoms with Crippen LogP contribution in [0.4, 0.5) is 17.5 Å². The van der Waals surface area contributed by atoms with Gasteiger partial charge in [0.05, 0.1) is 7.11 Å². The second kappa shape index (κ2) is 6.74. The number of nitrogen functional groups attached to an aromatic ring is 1. The van der Waals surface area contributed by atoms with Crippen molar-refractivity contribution >= 4 is 17.5 Å². The highest BCUT2D eigenvalue weighted by Crippen LogP contribution is 2.35. The molecule has 4 rings (SSSR count). The number of pyridine rings is 1. The van der Waals surface area contributed by atoms with Crippen LogP contribution in [0.15, 0.2) is 18.5 Å². The number of ether oxygens (including phenoxy) is 1. The van der Waals surface area contributed by atoms with Crippen molar-refractivity contribution in [3.8, 4) is 5.75 Å². The highest BCUT2D eigenvalue weighted by Gasteiger charge is 2.26. The minimum Gasteiger partial charge on any atom is -0.490 e. The monoisotopic (exact) mass is 340 g/mol. The SMILES string of the molecule is COc1c(N)ncnc1N1CCC(c2ccc3c(n2)NCCC3)CC1. The molecule has 2 aliphatic heterocycles. The van der Waals surface area contributed by atoms with Crippen molar-refractivity contribution in [2.45, 2.75) is 31.6 Å². The number of hydrogen-bond donors (Lipinski definition) is 2. The molecule has 7 heteroatoms. The van der Waals surface area contributed by atoms with Crippen molar-refractivity contribution in [3.63, 3.8) is 0 Å². The predicted octanol–water partition coefficient (Wildman–Crippen LogP) is 2.20. The second-order valence-electron chi connectivity index (χ2n) is 6.65. The average molecular weight is 340 g/mol. The van der Waals surface area contributed by atoms with Crippen molar-refractivity contribution in [1.29, 1.82) is 0 Å². The van der Waals surface area contributed by atoms with Crippen LogP contribution in [-0.4, -0.2) is 41.7 Å². The highest BCUT2D eigenvalue weighted by molar-refractivity contribution is 5.62. The number of nitrogens with zero attached hydrogens (tertiary/aromatic N) is 4. The van der Waals surface area contributed by atoms with Crippen LogP contribution in [0.5, 0.6) is 5.75 Å². The first-order valence-electron chi connectivity index (χ1n) is 8.89. The van der Waals surface area contributed by atoms with Crippen LogP contribution in [0.1, 0.15) is 36.4 Å². The van der Waals surface area contributed by atoms with Crippen molar-refractivity contribution < 1.29 is 4.74 Å². The Hall–Kier alpha value is -2.57. The Morgan fingerprint density at radius 1 is 1.24 bits per heavy atom. The molecule has 2 aromatic heterocycles. The fourth-order valence-electron chi connectivity index (χ4n) is 3.76. The number of methoxy groups -OCH3 is 1. The Labute approximate surface area is 147 Å². The Morgan fingerprint density at radius 3 is 2.88 bits per heavy atom. The maximum absolute atomic E-state index is 5.90. The van der Waals surface area contributed by atoms with Crippen LogP contribution in [0.2, 0.25) is 0 Å². The highest BCUT2D eigenvalue weighted by atomic mass is 16.5. The number of rotatable bonds is 3. The molecule has 4 heterocycles. The number of anilines is 3. The van der Waals surface area contributed by atoms with Gasteiger partial charge in [-0.05, 0) is 37.3 Å². The van der Waals surface area contributed by atoms with E-state index in [0.717, 1.165) is 50.5 Å². The lowest BCUT2D eigenvalue weighted by atomic mass is 9.92. The van der Waals surface area contributed by atoms with Gasteiger partial charge in [-0.15, -0.1) is 0 Å². The van der Waals surface area contributed by atoms with Gasteiger partial charge in [-0.1, -0.05) is 6.07 Å². The average Bonchev–Trinajstić information content (AvgIpc) is 2.67. The van der Waals surface area contributed by atoms with Gasteiger partial charge in [-0.2, -0.15) is 0 Å². The van der Waals surface area contributed by atoms with Crippen molar-refractivity contribution in [2.24, 2.45) is 0 Å². The minimum atomic E-state index is 0.386. The summed E-state index contributed by atoms with van der Waals surface area (Å²) in [6.07, 6.45) is 5.90. The van der Waals surface area contributed by atoms with Gasteiger partial charge >= 0.3 is 0 Å². The fourth-order valence-corrected chi connectivity index (χ4v) is 3.76. The number of aromatic nitrogens is 3. The summed E-state index contributed by atoms with van der Waals surface area (Å²) in [4.78, 5) is 15.5. The molecule has 1 saturated heterocycles. The summed E-state index contributed by atoms with van der Waals surface area (Å²) >= 11 is 0. The van der Waals surface area contributed by atoms with E-state index in [4.69, 9.17) is 15.5 Å². The van der Waals surface area contributed by atoms with Crippen molar-refractivity contribution in [2.75, 3.05) is 42.7 Å². The van der Waals surface area contributed by atoms with Gasteiger partial charge in [0.1, 0.15) is 12.1 Å². The molecule has 0 amide bonds. The van der Waals surface area contributed by atoms with Gasteiger partial charge in [0.2, 0.25) is 5.75 Å². The third-order valence-electron chi connectivity index (χ3n) is 5.15. The van der Waals surface area contributed by atoms with E-state index in [2.05, 4.69) is 32.3 Å². The zero-order valence-corrected chi connectivity index (χ0v) is 14.5. The number of hydrogen-bond acceptors (Lipinski definition) is 7. The molecule has 2 aromatic rings. The van der Waals surface area contributed by atoms with E-state index in [-0.39, 0.29) is 0 Å². The van der Waals surface area contributed by atoms with Gasteiger partial charge in [0.15, 0.2) is 11.6 Å². The van der Waals surface area contributed by atoms with Crippen LogP contribution < -0.4 is 20.7 Å². The standard InChI is InChI=1S/C18H24N6O/c1-25-15-16(19)21-11-22-18(15)24-9-6-12(7-10-24)14-5-4-13-3-2-8-20-17(13)23-14/h4-5,11-12H,2-3,6-10H2,1H3,(H,20,23)(H2,19,21,22). The molecular weight excluding hydrogens is 316 g/mol. The summed E-state index contributed by atoms with van der Waals surface area (Å²) in [5.74, 6) is 3.30. The Morgan fingerprint density at radius 2 is 2.08 bits per heavy atom. The Balaban J connectivity index is 1.48. The predicted molar refractivity (Wildman–Crippen MR) is 98.2 cm³/mol. The van der Waals surface area contributed by atoms with E-state index in [1.807, 2.05) is 0 Å². The molecule has 1 fully saturated rings. The molecule has 132 valence electrons. The smallest absolute Gasteiger partial charge is 0.204 e. The summed E-state index contributed by atoms with van der Waals surface area (Å²) in [5.41, 5.74) is 8.44. The van der Waals surface area contributed by atoms with Crippen molar-refractivity contribution in [3.05, 3.63) is 29.7 Å². The number of nitrogens with two attached hydrogens (primary N) is 1. The number of nitrogens with one attached hydrogen (secondary N) is 1. The molecule has 0 spiro atoms. The topological polar surface area (TPSA) is 89.2 Å². The van der Waals surface area contributed by atoms with E-state index in [0.29, 0.717) is 17.5 Å². The van der Waals surface area contributed by atoms with Gasteiger partial charge in [-0.25, -0.2) is 15.0 Å². The van der Waals surface area contributed by atoms with Gasteiger partial charge in [0, 0.05) is 31.2 Å². The molecule has 2 aliphatic rings. The van der Waals surface area contributed by atoms with E-state index >= 15 is 0 Å². The molecule has 7 nitrogen and oxygen atoms in total. The summed E-state index contributed by atoms with van der Waals surface area (Å²) in [6.45, 7) is 2.84. The third-order valence-corrected chi connectivity index (χ3v) is 5.15. The number of piperidine rings is 1. The van der Waals surface area contributed by atoms with Gasteiger partial charge in [-0.3, -0.25) is 0 Å². The maximum Gasteiger partial charge on any atom is 0.204 e. The molecule has 0 saturated carbocycles. The third kappa shape index (κ3) is 3.06. The first-order valence-corrected chi connectivity index (χ1v) is 8.89. The number of aryl methyl sites for hydroxylation is 1. The Bertz CT molecular complexity index is 757. The van der Waals surface area contributed by atoms with E-state index < -0.39 is 0 Å². The van der Waals surface area contributed by atoms with Crippen molar-refractivity contribution in [1.82, 2.24) is 15.0 Å². The van der Waals surface area contributed by atoms with E-state index in [1.54, 1.807) is 7.11 Å². The molecule has 0 aliphatic carbocycles. The fraction of sp³-hybridized carbons (Fsp3) is 0.500. The molecule has 0 atom stereocenters. The zero-order chi connectivity index (χ0) is 17.2. The summed E-state index contributed by atoms with van der Waals surface area (Å²) in [7, 11) is 1.61. The molecule has 0 unspecified atom stereocenters. The molecule has 0 aromatic carbocycles. The summed E-state index contributed by atoms with van der Waals surface area (Å²) in [6, 6.07) is 4.44. The van der Waals surface area contributed by atoms with E-state index in [1.165, 1.54) is 24.0 Å². The van der Waals surface area contributed by atoms with Crippen LogP contribution in [0.3, 0.4) is 0 Å². The summed E-state index contributed by atoms with van der Waals surface area (Å²) in [5, 5.41) is 3.43. The molecule has 0 radical (unpaired) electrons. The lowest BCUT2D eigenvalue weighted by Gasteiger charge is -2.33. The molecule has 0 bridgehead atoms. The lowest BCUT2D eigenvalue weighted by Crippen LogP contribution is -2.34. The van der Waals surface area contributed by atoms with Crippen LogP contribution in [0.25, 0.3) is 0 Å². The van der Waals surface area contributed by atoms with E-state index in [9.17, 15) is 0 Å². The molecule has 25 heavy (non-hydrogen) atoms. The first-order chi connectivity index (χ1) is 12.3. The van der Waals surface area contributed by atoms with Crippen LogP contribution >= 0.6 is 0 Å². The first kappa shape index (κ1) is 15.9. The normalized spacial score (nSPS) is 17.7. The zero-order valence-electron chi connectivity index (χ0n) is 14.5. The largest absolute Gasteiger partial charge is 0.490 e. The quantitative estimate of drug-likeness (QED) is 0.885. The molecular formula is C18H24N6O. The molecule has 3 N–H and O–H groups in total. The van der Waals surface area contributed by atoms with Crippen LogP contribution in [0, 0.1) is 0 Å². The van der Waals surface area contributed by atoms with Gasteiger partial charge < -0.3 is 20.7 Å². The summed E-state index contributed by atoms with van der Waals surface area (Å²) < 4.78 is 5.39. The lowest BCUT2D eigenvalue weighted by molar-refractivity contribution is 0.408. The van der Waals surface area contributed by atoms with Gasteiger partial charge in [0.25, 0.3) is 0 Å². The number of fused-ring (bicyclic) bond motifs is 1. The Kier molecular flexibility index (Phi) is 4.29. The van der Waals surface area contributed by atoms with Crippen LogP contribution in [-0.2, 0) is 6.42 Å². The maximum atomic E-state index is 5.90. The second-order valence-corrected chi connectivity index (χ2v) is 6.65.